The first-order chi connectivity index (χ1) is 17.6. The van der Waals surface area contributed by atoms with Crippen LogP contribution in [0.3, 0.4) is 0 Å². The van der Waals surface area contributed by atoms with Crippen molar-refractivity contribution < 1.29 is 22.4 Å². The number of anilines is 3. The molecule has 3 rings (SSSR count). The van der Waals surface area contributed by atoms with Crippen molar-refractivity contribution in [2.24, 2.45) is 5.73 Å². The lowest BCUT2D eigenvalue weighted by atomic mass is 10.2. The molecule has 10 heteroatoms. The largest absolute Gasteiger partial charge is 0.435 e. The van der Waals surface area contributed by atoms with Crippen LogP contribution >= 0.6 is 0 Å². The predicted molar refractivity (Wildman–Crippen MR) is 138 cm³/mol. The van der Waals surface area contributed by atoms with Gasteiger partial charge in [-0.3, -0.25) is 4.79 Å². The van der Waals surface area contributed by atoms with E-state index in [1.54, 1.807) is 19.9 Å². The zero-order valence-electron chi connectivity index (χ0n) is 20.8. The van der Waals surface area contributed by atoms with E-state index in [1.807, 2.05) is 42.2 Å². The summed E-state index contributed by atoms with van der Waals surface area (Å²) in [5.74, 6) is -1.67. The summed E-state index contributed by atoms with van der Waals surface area (Å²) in [4.78, 5) is 15.1. The van der Waals surface area contributed by atoms with Crippen LogP contribution in [0.4, 0.5) is 34.6 Å². The van der Waals surface area contributed by atoms with E-state index < -0.39 is 29.3 Å². The number of halogens is 4. The summed E-state index contributed by atoms with van der Waals surface area (Å²) in [7, 11) is 0. The third-order valence-electron chi connectivity index (χ3n) is 5.51. The van der Waals surface area contributed by atoms with E-state index in [9.17, 15) is 22.4 Å². The predicted octanol–water partition coefficient (Wildman–Crippen LogP) is 6.61. The van der Waals surface area contributed by atoms with Crippen molar-refractivity contribution in [2.75, 3.05) is 23.3 Å². The molecule has 3 N–H and O–H groups in total. The van der Waals surface area contributed by atoms with Crippen molar-refractivity contribution in [1.29, 1.82) is 0 Å². The molecule has 0 spiro atoms. The SMILES string of the molecule is C/C=C(\C=C(/C)CN)n1nc(C(F)(F)F)cc1C(=O)Nc1cc(N(CCC)c2ccccc2)ccc1F. The molecule has 0 unspecified atom stereocenters. The second-order valence-electron chi connectivity index (χ2n) is 8.34. The molecule has 6 nitrogen and oxygen atoms in total. The molecule has 1 aromatic heterocycles. The molecule has 0 aliphatic carbocycles. The van der Waals surface area contributed by atoms with Crippen molar-refractivity contribution in [1.82, 2.24) is 9.78 Å². The standard InChI is InChI=1S/C27H29F4N5O/c1-4-13-35(20-9-7-6-8-10-20)21-11-12-22(28)23(15-21)33-26(37)24-16-25(27(29,30)31)34-36(24)19(5-2)14-18(3)17-32/h5-12,14-16H,4,13,17,32H2,1-3H3,(H,33,37)/b18-14+,19-5+. The van der Waals surface area contributed by atoms with Crippen LogP contribution in [0, 0.1) is 5.82 Å². The van der Waals surface area contributed by atoms with Gasteiger partial charge in [-0.05, 0) is 56.7 Å². The van der Waals surface area contributed by atoms with E-state index in [0.29, 0.717) is 23.9 Å². The van der Waals surface area contributed by atoms with Gasteiger partial charge in [-0.25, -0.2) is 9.07 Å². The Morgan fingerprint density at radius 1 is 1.14 bits per heavy atom. The first kappa shape index (κ1) is 27.7. The van der Waals surface area contributed by atoms with Crippen molar-refractivity contribution in [3.8, 4) is 0 Å². The number of hydrogen-bond acceptors (Lipinski definition) is 4. The van der Waals surface area contributed by atoms with Crippen molar-refractivity contribution in [2.45, 2.75) is 33.4 Å². The fourth-order valence-electron chi connectivity index (χ4n) is 3.66. The lowest BCUT2D eigenvalue weighted by molar-refractivity contribution is -0.141. The van der Waals surface area contributed by atoms with Gasteiger partial charge in [0.05, 0.1) is 11.4 Å². The Morgan fingerprint density at radius 2 is 1.84 bits per heavy atom. The van der Waals surface area contributed by atoms with Gasteiger partial charge in [-0.1, -0.05) is 36.8 Å². The summed E-state index contributed by atoms with van der Waals surface area (Å²) in [6.07, 6.45) is -0.942. The maximum Gasteiger partial charge on any atom is 0.435 e. The summed E-state index contributed by atoms with van der Waals surface area (Å²) in [6, 6.07) is 14.3. The molecular weight excluding hydrogens is 486 g/mol. The number of benzene rings is 2. The summed E-state index contributed by atoms with van der Waals surface area (Å²) in [5.41, 5.74) is 6.17. The minimum atomic E-state index is -4.78. The third-order valence-corrected chi connectivity index (χ3v) is 5.51. The third kappa shape index (κ3) is 6.65. The highest BCUT2D eigenvalue weighted by molar-refractivity contribution is 6.04. The van der Waals surface area contributed by atoms with Crippen LogP contribution < -0.4 is 16.0 Å². The quantitative estimate of drug-likeness (QED) is 0.248. The van der Waals surface area contributed by atoms with Gasteiger partial charge in [0.1, 0.15) is 11.5 Å². The fraction of sp³-hybridized carbons (Fsp3) is 0.259. The first-order valence-electron chi connectivity index (χ1n) is 11.7. The van der Waals surface area contributed by atoms with Crippen molar-refractivity contribution in [3.63, 3.8) is 0 Å². The van der Waals surface area contributed by atoms with Gasteiger partial charge in [0.15, 0.2) is 5.69 Å². The summed E-state index contributed by atoms with van der Waals surface area (Å²) >= 11 is 0. The molecule has 0 aliphatic heterocycles. The van der Waals surface area contributed by atoms with Crippen LogP contribution in [0.25, 0.3) is 5.70 Å². The van der Waals surface area contributed by atoms with Gasteiger partial charge in [0.25, 0.3) is 5.91 Å². The number of carbonyl (C=O) groups excluding carboxylic acids is 1. The molecule has 0 atom stereocenters. The molecule has 2 aromatic carbocycles. The first-order valence-corrected chi connectivity index (χ1v) is 11.7. The Morgan fingerprint density at radius 3 is 2.43 bits per heavy atom. The van der Waals surface area contributed by atoms with Crippen molar-refractivity contribution >= 4 is 28.7 Å². The molecule has 1 amide bonds. The monoisotopic (exact) mass is 515 g/mol. The lowest BCUT2D eigenvalue weighted by Gasteiger charge is -2.25. The fourth-order valence-corrected chi connectivity index (χ4v) is 3.66. The number of para-hydroxylation sites is 1. The van der Waals surface area contributed by atoms with Gasteiger partial charge in [-0.2, -0.15) is 18.3 Å². The zero-order chi connectivity index (χ0) is 27.2. The highest BCUT2D eigenvalue weighted by Crippen LogP contribution is 2.32. The average molecular weight is 516 g/mol. The molecule has 0 saturated heterocycles. The molecule has 3 aromatic rings. The number of aromatic nitrogens is 2. The Bertz CT molecular complexity index is 1300. The topological polar surface area (TPSA) is 76.2 Å². The van der Waals surface area contributed by atoms with Gasteiger partial charge < -0.3 is 16.0 Å². The minimum absolute atomic E-state index is 0.167. The maximum atomic E-state index is 14.8. The van der Waals surface area contributed by atoms with Crippen LogP contribution in [0.5, 0.6) is 0 Å². The number of hydrogen-bond donors (Lipinski definition) is 2. The Hall–Kier alpha value is -3.92. The number of allylic oxidation sites excluding steroid dienone is 3. The number of alkyl halides is 3. The van der Waals surface area contributed by atoms with E-state index in [-0.39, 0.29) is 17.9 Å². The zero-order valence-corrected chi connectivity index (χ0v) is 20.8. The summed E-state index contributed by atoms with van der Waals surface area (Å²) < 4.78 is 56.1. The van der Waals surface area contributed by atoms with E-state index in [2.05, 4.69) is 10.4 Å². The van der Waals surface area contributed by atoms with Crippen LogP contribution in [0.15, 0.2) is 72.3 Å². The number of nitrogens with zero attached hydrogens (tertiary/aromatic N) is 3. The van der Waals surface area contributed by atoms with Gasteiger partial charge in [0.2, 0.25) is 0 Å². The molecule has 0 radical (unpaired) electrons. The summed E-state index contributed by atoms with van der Waals surface area (Å²) in [6.45, 7) is 6.09. The van der Waals surface area contributed by atoms with Gasteiger partial charge in [0, 0.05) is 30.5 Å². The maximum absolute atomic E-state index is 14.8. The Kier molecular flexibility index (Phi) is 8.88. The van der Waals surface area contributed by atoms with E-state index in [0.717, 1.165) is 16.8 Å². The molecule has 0 bridgehead atoms. The van der Waals surface area contributed by atoms with Crippen LogP contribution in [0.1, 0.15) is 43.4 Å². The van der Waals surface area contributed by atoms with Crippen LogP contribution in [-0.2, 0) is 6.18 Å². The van der Waals surface area contributed by atoms with E-state index in [4.69, 9.17) is 5.73 Å². The molecule has 0 fully saturated rings. The van der Waals surface area contributed by atoms with E-state index >= 15 is 0 Å². The van der Waals surface area contributed by atoms with Crippen molar-refractivity contribution in [3.05, 3.63) is 89.5 Å². The van der Waals surface area contributed by atoms with Crippen LogP contribution in [0.2, 0.25) is 0 Å². The number of rotatable bonds is 9. The second kappa shape index (κ2) is 11.9. The number of amides is 1. The number of nitrogens with one attached hydrogen (secondary N) is 1. The van der Waals surface area contributed by atoms with Gasteiger partial charge in [-0.15, -0.1) is 0 Å². The highest BCUT2D eigenvalue weighted by atomic mass is 19.4. The van der Waals surface area contributed by atoms with Crippen LogP contribution in [-0.4, -0.2) is 28.8 Å². The smallest absolute Gasteiger partial charge is 0.341 e. The average Bonchev–Trinajstić information content (AvgIpc) is 3.34. The summed E-state index contributed by atoms with van der Waals surface area (Å²) in [5, 5.41) is 6.04. The second-order valence-corrected chi connectivity index (χ2v) is 8.34. The molecule has 1 heterocycles. The normalized spacial score (nSPS) is 12.5. The van der Waals surface area contributed by atoms with Gasteiger partial charge >= 0.3 is 6.18 Å². The Balaban J connectivity index is 2.02. The minimum Gasteiger partial charge on any atom is -0.341 e. The highest BCUT2D eigenvalue weighted by Gasteiger charge is 2.36. The van der Waals surface area contributed by atoms with E-state index in [1.165, 1.54) is 24.3 Å². The molecule has 0 saturated carbocycles. The number of carbonyl (C=O) groups is 1. The molecule has 196 valence electrons. The lowest BCUT2D eigenvalue weighted by Crippen LogP contribution is -2.20. The Labute approximate surface area is 213 Å². The number of nitrogens with two attached hydrogens (primary N) is 1. The molecule has 37 heavy (non-hydrogen) atoms. The molecular formula is C27H29F4N5O. The molecule has 0 aliphatic rings.